The lowest BCUT2D eigenvalue weighted by Gasteiger charge is -2.27. The molecule has 0 aliphatic heterocycles. The van der Waals surface area contributed by atoms with Gasteiger partial charge in [-0.3, -0.25) is 14.9 Å². The molecule has 0 aliphatic rings. The van der Waals surface area contributed by atoms with Crippen molar-refractivity contribution in [3.63, 3.8) is 0 Å². The van der Waals surface area contributed by atoms with Gasteiger partial charge >= 0.3 is 5.97 Å². The Hall–Kier alpha value is -2.64. The van der Waals surface area contributed by atoms with Gasteiger partial charge in [0.15, 0.2) is 0 Å². The number of aliphatic carboxylic acids is 1. The van der Waals surface area contributed by atoms with E-state index < -0.39 is 22.3 Å². The van der Waals surface area contributed by atoms with Crippen LogP contribution in [0.4, 0.5) is 11.4 Å². The monoisotopic (exact) mass is 295 g/mol. The fourth-order valence-electron chi connectivity index (χ4n) is 1.98. The molecule has 1 aromatic rings. The highest BCUT2D eigenvalue weighted by atomic mass is 16.6. The predicted octanol–water partition coefficient (Wildman–Crippen LogP) is 1.75. The Labute approximate surface area is 121 Å². The number of nitrogens with two attached hydrogens (primary N) is 1. The summed E-state index contributed by atoms with van der Waals surface area (Å²) in [5, 5.41) is 22.8. The number of anilines is 1. The Morgan fingerprint density at radius 2 is 2.10 bits per heavy atom. The van der Waals surface area contributed by atoms with Crippen LogP contribution in [0.15, 0.2) is 18.2 Å². The molecule has 0 fully saturated rings. The van der Waals surface area contributed by atoms with Crippen LogP contribution in [-0.2, 0) is 4.79 Å². The third kappa shape index (κ3) is 3.68. The van der Waals surface area contributed by atoms with Gasteiger partial charge in [0.2, 0.25) is 0 Å². The molecule has 0 heterocycles. The van der Waals surface area contributed by atoms with Crippen LogP contribution in [0.2, 0.25) is 0 Å². The molecule has 1 atom stereocenters. The van der Waals surface area contributed by atoms with Crippen molar-refractivity contribution in [2.75, 3.05) is 5.32 Å². The molecule has 1 rings (SSSR count). The van der Waals surface area contributed by atoms with Crippen LogP contribution < -0.4 is 11.1 Å². The van der Waals surface area contributed by atoms with Gasteiger partial charge in [-0.25, -0.2) is 4.79 Å². The third-order valence-corrected chi connectivity index (χ3v) is 3.11. The summed E-state index contributed by atoms with van der Waals surface area (Å²) in [5.74, 6) is -1.96. The molecule has 0 aliphatic carbocycles. The molecule has 8 nitrogen and oxygen atoms in total. The zero-order valence-electron chi connectivity index (χ0n) is 11.8. The van der Waals surface area contributed by atoms with E-state index in [1.807, 2.05) is 6.92 Å². The SMILES string of the molecule is CCCC(C)(Nc1ccc([N+](=O)[O-])cc1C(N)=O)C(=O)O. The zero-order valence-corrected chi connectivity index (χ0v) is 11.8. The summed E-state index contributed by atoms with van der Waals surface area (Å²) in [5.41, 5.74) is 3.66. The number of nitro benzene ring substituents is 1. The number of amides is 1. The first-order valence-corrected chi connectivity index (χ1v) is 6.31. The maximum Gasteiger partial charge on any atom is 0.329 e. The number of carbonyl (C=O) groups is 2. The molecular formula is C13H17N3O5. The fraction of sp³-hybridized carbons (Fsp3) is 0.385. The summed E-state index contributed by atoms with van der Waals surface area (Å²) in [7, 11) is 0. The number of rotatable bonds is 7. The molecule has 1 amide bonds. The van der Waals surface area contributed by atoms with Gasteiger partial charge < -0.3 is 16.2 Å². The van der Waals surface area contributed by atoms with E-state index in [9.17, 15) is 24.8 Å². The molecule has 8 heteroatoms. The lowest BCUT2D eigenvalue weighted by molar-refractivity contribution is -0.384. The van der Waals surface area contributed by atoms with Gasteiger partial charge in [0.25, 0.3) is 11.6 Å². The van der Waals surface area contributed by atoms with Crippen molar-refractivity contribution in [1.82, 2.24) is 0 Å². The van der Waals surface area contributed by atoms with E-state index in [4.69, 9.17) is 5.73 Å². The van der Waals surface area contributed by atoms with E-state index in [1.165, 1.54) is 19.1 Å². The van der Waals surface area contributed by atoms with E-state index >= 15 is 0 Å². The zero-order chi connectivity index (χ0) is 16.2. The molecule has 1 unspecified atom stereocenters. The second-order valence-electron chi connectivity index (χ2n) is 4.86. The first-order chi connectivity index (χ1) is 9.71. The summed E-state index contributed by atoms with van der Waals surface area (Å²) in [4.78, 5) is 32.9. The molecule has 0 bridgehead atoms. The number of benzene rings is 1. The number of hydrogen-bond acceptors (Lipinski definition) is 5. The van der Waals surface area contributed by atoms with Gasteiger partial charge in [0.1, 0.15) is 5.54 Å². The van der Waals surface area contributed by atoms with E-state index in [-0.39, 0.29) is 16.9 Å². The van der Waals surface area contributed by atoms with Crippen molar-refractivity contribution in [1.29, 1.82) is 0 Å². The minimum atomic E-state index is -1.30. The summed E-state index contributed by atoms with van der Waals surface area (Å²) in [6.45, 7) is 3.30. The normalized spacial score (nSPS) is 13.2. The van der Waals surface area contributed by atoms with Gasteiger partial charge in [-0.2, -0.15) is 0 Å². The second kappa shape index (κ2) is 6.21. The van der Waals surface area contributed by atoms with Crippen molar-refractivity contribution in [2.24, 2.45) is 5.73 Å². The van der Waals surface area contributed by atoms with Gasteiger partial charge in [0.05, 0.1) is 10.5 Å². The quantitative estimate of drug-likeness (QED) is 0.518. The van der Waals surface area contributed by atoms with Crippen LogP contribution in [0.5, 0.6) is 0 Å². The maximum atomic E-state index is 11.4. The number of carboxylic acid groups (broad SMARTS) is 1. The number of carbonyl (C=O) groups excluding carboxylic acids is 1. The Balaban J connectivity index is 3.26. The molecule has 1 aromatic carbocycles. The van der Waals surface area contributed by atoms with Crippen LogP contribution in [0.25, 0.3) is 0 Å². The highest BCUT2D eigenvalue weighted by molar-refractivity contribution is 6.00. The number of non-ortho nitro benzene ring substituents is 1. The Bertz CT molecular complexity index is 587. The summed E-state index contributed by atoms with van der Waals surface area (Å²) < 4.78 is 0. The summed E-state index contributed by atoms with van der Waals surface area (Å²) >= 11 is 0. The highest BCUT2D eigenvalue weighted by Crippen LogP contribution is 2.26. The van der Waals surface area contributed by atoms with Crippen molar-refractivity contribution >= 4 is 23.3 Å². The fourth-order valence-corrected chi connectivity index (χ4v) is 1.98. The molecular weight excluding hydrogens is 278 g/mol. The largest absolute Gasteiger partial charge is 0.480 e. The molecule has 0 aromatic heterocycles. The van der Waals surface area contributed by atoms with Gasteiger partial charge in [0, 0.05) is 17.8 Å². The smallest absolute Gasteiger partial charge is 0.329 e. The number of primary amides is 1. The van der Waals surface area contributed by atoms with E-state index in [0.717, 1.165) is 6.07 Å². The van der Waals surface area contributed by atoms with E-state index in [2.05, 4.69) is 5.32 Å². The minimum absolute atomic E-state index is 0.118. The number of nitrogens with zero attached hydrogens (tertiary/aromatic N) is 1. The number of hydrogen-bond donors (Lipinski definition) is 3. The van der Waals surface area contributed by atoms with Crippen molar-refractivity contribution < 1.29 is 19.6 Å². The standard InChI is InChI=1S/C13H17N3O5/c1-3-6-13(2,12(18)19)15-10-5-4-8(16(20)21)7-9(10)11(14)17/h4-5,7,15H,3,6H2,1-2H3,(H2,14,17)(H,18,19). The molecule has 0 radical (unpaired) electrons. The minimum Gasteiger partial charge on any atom is -0.480 e. The molecule has 0 saturated carbocycles. The first kappa shape index (κ1) is 16.4. The van der Waals surface area contributed by atoms with Crippen LogP contribution in [0, 0.1) is 10.1 Å². The van der Waals surface area contributed by atoms with Gasteiger partial charge in [-0.05, 0) is 19.4 Å². The van der Waals surface area contributed by atoms with E-state index in [1.54, 1.807) is 0 Å². The third-order valence-electron chi connectivity index (χ3n) is 3.11. The van der Waals surface area contributed by atoms with Crippen molar-refractivity contribution in [3.8, 4) is 0 Å². The average Bonchev–Trinajstić information content (AvgIpc) is 2.38. The van der Waals surface area contributed by atoms with E-state index in [0.29, 0.717) is 12.8 Å². The summed E-state index contributed by atoms with van der Waals surface area (Å²) in [6.07, 6.45) is 0.923. The van der Waals surface area contributed by atoms with Crippen molar-refractivity contribution in [2.45, 2.75) is 32.2 Å². The van der Waals surface area contributed by atoms with Crippen molar-refractivity contribution in [3.05, 3.63) is 33.9 Å². The number of nitrogens with one attached hydrogen (secondary N) is 1. The lowest BCUT2D eigenvalue weighted by Crippen LogP contribution is -2.43. The molecule has 0 spiro atoms. The number of nitro groups is 1. The number of carboxylic acids is 1. The van der Waals surface area contributed by atoms with Gasteiger partial charge in [-0.1, -0.05) is 13.3 Å². The Kier molecular flexibility index (Phi) is 4.85. The first-order valence-electron chi connectivity index (χ1n) is 6.31. The topological polar surface area (TPSA) is 136 Å². The Morgan fingerprint density at radius 3 is 2.52 bits per heavy atom. The second-order valence-corrected chi connectivity index (χ2v) is 4.86. The van der Waals surface area contributed by atoms with Crippen LogP contribution in [0.3, 0.4) is 0 Å². The molecule has 0 saturated heterocycles. The molecule has 4 N–H and O–H groups in total. The van der Waals surface area contributed by atoms with Crippen LogP contribution >= 0.6 is 0 Å². The predicted molar refractivity (Wildman–Crippen MR) is 76.2 cm³/mol. The average molecular weight is 295 g/mol. The van der Waals surface area contributed by atoms with Gasteiger partial charge in [-0.15, -0.1) is 0 Å². The Morgan fingerprint density at radius 1 is 1.48 bits per heavy atom. The van der Waals surface area contributed by atoms with Crippen LogP contribution in [0.1, 0.15) is 37.0 Å². The van der Waals surface area contributed by atoms with Crippen LogP contribution in [-0.4, -0.2) is 27.4 Å². The summed E-state index contributed by atoms with van der Waals surface area (Å²) in [6, 6.07) is 3.50. The molecule has 114 valence electrons. The lowest BCUT2D eigenvalue weighted by atomic mass is 9.95. The molecule has 21 heavy (non-hydrogen) atoms. The maximum absolute atomic E-state index is 11.4. The highest BCUT2D eigenvalue weighted by Gasteiger charge is 2.33.